The third-order valence-electron chi connectivity index (χ3n) is 2.36. The Hall–Kier alpha value is -1.54. The number of rotatable bonds is 3. The fourth-order valence-electron chi connectivity index (χ4n) is 1.49. The van der Waals surface area contributed by atoms with Gasteiger partial charge in [0.1, 0.15) is 11.5 Å². The molecule has 1 aromatic carbocycles. The highest BCUT2D eigenvalue weighted by Gasteiger charge is 2.00. The van der Waals surface area contributed by atoms with Gasteiger partial charge in [-0.2, -0.15) is 0 Å². The van der Waals surface area contributed by atoms with Crippen LogP contribution in [-0.2, 0) is 6.54 Å². The normalized spacial score (nSPS) is 12.4. The van der Waals surface area contributed by atoms with E-state index < -0.39 is 0 Å². The van der Waals surface area contributed by atoms with Gasteiger partial charge in [0, 0.05) is 6.54 Å². The second kappa shape index (κ2) is 11.5. The first-order chi connectivity index (χ1) is 9.38. The molecule has 2 nitrogen and oxygen atoms in total. The molecule has 2 N–H and O–H groups in total. The molecule has 0 heterocycles. The van der Waals surface area contributed by atoms with Crippen molar-refractivity contribution in [2.24, 2.45) is 5.73 Å². The Labute approximate surface area is 118 Å². The van der Waals surface area contributed by atoms with Crippen molar-refractivity contribution in [3.8, 4) is 5.75 Å². The first-order valence-corrected chi connectivity index (χ1v) is 7.22. The molecule has 1 aromatic rings. The summed E-state index contributed by atoms with van der Waals surface area (Å²) in [4.78, 5) is 0. The molecule has 0 amide bonds. The van der Waals surface area contributed by atoms with Gasteiger partial charge in [0.2, 0.25) is 0 Å². The van der Waals surface area contributed by atoms with Crippen LogP contribution in [0.15, 0.2) is 48.3 Å². The van der Waals surface area contributed by atoms with E-state index in [-0.39, 0.29) is 0 Å². The molecule has 0 aliphatic heterocycles. The van der Waals surface area contributed by atoms with Crippen molar-refractivity contribution in [1.82, 2.24) is 0 Å². The highest BCUT2D eigenvalue weighted by molar-refractivity contribution is 5.30. The Morgan fingerprint density at radius 2 is 1.63 bits per heavy atom. The SMILES string of the molecule is CC.CC.NCc1ccc(OC2=CCCC=C2)cc1. The van der Waals surface area contributed by atoms with Crippen molar-refractivity contribution in [1.29, 1.82) is 0 Å². The minimum Gasteiger partial charge on any atom is -0.458 e. The molecule has 0 saturated heterocycles. The summed E-state index contributed by atoms with van der Waals surface area (Å²) in [6.07, 6.45) is 8.42. The van der Waals surface area contributed by atoms with E-state index in [0.717, 1.165) is 29.9 Å². The molecule has 0 atom stereocenters. The minimum atomic E-state index is 0.572. The lowest BCUT2D eigenvalue weighted by Gasteiger charge is -2.09. The predicted octanol–water partition coefficient (Wildman–Crippen LogP) is 4.81. The van der Waals surface area contributed by atoms with Gasteiger partial charge in [-0.15, -0.1) is 0 Å². The molecule has 106 valence electrons. The van der Waals surface area contributed by atoms with Crippen LogP contribution >= 0.6 is 0 Å². The molecule has 0 bridgehead atoms. The smallest absolute Gasteiger partial charge is 0.127 e. The summed E-state index contributed by atoms with van der Waals surface area (Å²) in [6.45, 7) is 8.57. The van der Waals surface area contributed by atoms with Crippen molar-refractivity contribution < 1.29 is 4.74 Å². The maximum atomic E-state index is 5.69. The van der Waals surface area contributed by atoms with E-state index >= 15 is 0 Å². The van der Waals surface area contributed by atoms with Gasteiger partial charge in [0.15, 0.2) is 0 Å². The van der Waals surface area contributed by atoms with Crippen molar-refractivity contribution in [3.63, 3.8) is 0 Å². The molecule has 0 fully saturated rings. The summed E-state index contributed by atoms with van der Waals surface area (Å²) < 4.78 is 5.69. The third-order valence-corrected chi connectivity index (χ3v) is 2.36. The Balaban J connectivity index is 0.000000741. The Kier molecular flexibility index (Phi) is 10.6. The maximum absolute atomic E-state index is 5.69. The molecule has 0 unspecified atom stereocenters. The second-order valence-corrected chi connectivity index (χ2v) is 3.54. The molecule has 0 aromatic heterocycles. The van der Waals surface area contributed by atoms with Crippen LogP contribution in [-0.4, -0.2) is 0 Å². The molecule has 2 heteroatoms. The lowest BCUT2D eigenvalue weighted by atomic mass is 10.2. The van der Waals surface area contributed by atoms with Gasteiger partial charge in [-0.05, 0) is 42.7 Å². The van der Waals surface area contributed by atoms with Gasteiger partial charge in [-0.25, -0.2) is 0 Å². The highest BCUT2D eigenvalue weighted by atomic mass is 16.5. The van der Waals surface area contributed by atoms with Gasteiger partial charge in [0.05, 0.1) is 0 Å². The quantitative estimate of drug-likeness (QED) is 0.847. The second-order valence-electron chi connectivity index (χ2n) is 3.54. The van der Waals surface area contributed by atoms with Gasteiger partial charge in [-0.3, -0.25) is 0 Å². The minimum absolute atomic E-state index is 0.572. The van der Waals surface area contributed by atoms with E-state index in [1.807, 2.05) is 58.0 Å². The summed E-state index contributed by atoms with van der Waals surface area (Å²) in [7, 11) is 0. The van der Waals surface area contributed by atoms with Crippen LogP contribution < -0.4 is 10.5 Å². The van der Waals surface area contributed by atoms with Crippen LogP contribution in [0.1, 0.15) is 46.1 Å². The molecule has 0 radical (unpaired) electrons. The van der Waals surface area contributed by atoms with Crippen LogP contribution in [0.5, 0.6) is 5.75 Å². The van der Waals surface area contributed by atoms with Gasteiger partial charge in [-0.1, -0.05) is 45.9 Å². The van der Waals surface area contributed by atoms with Crippen molar-refractivity contribution >= 4 is 0 Å². The average Bonchev–Trinajstić information content (AvgIpc) is 2.53. The molecule has 0 saturated carbocycles. The number of hydrogen-bond acceptors (Lipinski definition) is 2. The maximum Gasteiger partial charge on any atom is 0.127 e. The number of benzene rings is 1. The summed E-state index contributed by atoms with van der Waals surface area (Å²) in [5, 5.41) is 0. The van der Waals surface area contributed by atoms with E-state index in [1.165, 1.54) is 0 Å². The summed E-state index contributed by atoms with van der Waals surface area (Å²) in [6, 6.07) is 7.88. The highest BCUT2D eigenvalue weighted by Crippen LogP contribution is 2.18. The fraction of sp³-hybridized carbons (Fsp3) is 0.412. The van der Waals surface area contributed by atoms with Crippen LogP contribution in [0.25, 0.3) is 0 Å². The van der Waals surface area contributed by atoms with E-state index in [0.29, 0.717) is 6.54 Å². The summed E-state index contributed by atoms with van der Waals surface area (Å²) in [5.74, 6) is 1.80. The topological polar surface area (TPSA) is 35.2 Å². The van der Waals surface area contributed by atoms with Gasteiger partial charge >= 0.3 is 0 Å². The lowest BCUT2D eigenvalue weighted by molar-refractivity contribution is 0.439. The van der Waals surface area contributed by atoms with Crippen molar-refractivity contribution in [3.05, 3.63) is 53.8 Å². The van der Waals surface area contributed by atoms with Gasteiger partial charge < -0.3 is 10.5 Å². The average molecular weight is 261 g/mol. The third kappa shape index (κ3) is 6.82. The first-order valence-electron chi connectivity index (χ1n) is 7.22. The zero-order valence-electron chi connectivity index (χ0n) is 12.6. The van der Waals surface area contributed by atoms with Crippen LogP contribution in [0.4, 0.5) is 0 Å². The van der Waals surface area contributed by atoms with Crippen LogP contribution in [0.3, 0.4) is 0 Å². The zero-order chi connectivity index (χ0) is 14.5. The standard InChI is InChI=1S/C13H15NO.2C2H6/c14-10-11-6-8-13(9-7-11)15-12-4-2-1-3-5-12;2*1-2/h2,4-9H,1,3,10,14H2;2*1-2H3. The Morgan fingerprint density at radius 1 is 1.00 bits per heavy atom. The van der Waals surface area contributed by atoms with E-state index in [4.69, 9.17) is 10.5 Å². The van der Waals surface area contributed by atoms with Crippen molar-refractivity contribution in [2.45, 2.75) is 47.1 Å². The van der Waals surface area contributed by atoms with Crippen LogP contribution in [0.2, 0.25) is 0 Å². The molecular formula is C17H27NO. The van der Waals surface area contributed by atoms with Crippen LogP contribution in [0, 0.1) is 0 Å². The fourth-order valence-corrected chi connectivity index (χ4v) is 1.49. The molecular weight excluding hydrogens is 234 g/mol. The van der Waals surface area contributed by atoms with E-state index in [9.17, 15) is 0 Å². The number of nitrogens with two attached hydrogens (primary N) is 1. The van der Waals surface area contributed by atoms with E-state index in [1.54, 1.807) is 0 Å². The van der Waals surface area contributed by atoms with E-state index in [2.05, 4.69) is 12.2 Å². The largest absolute Gasteiger partial charge is 0.458 e. The zero-order valence-corrected chi connectivity index (χ0v) is 12.6. The van der Waals surface area contributed by atoms with Crippen molar-refractivity contribution in [2.75, 3.05) is 0 Å². The lowest BCUT2D eigenvalue weighted by Crippen LogP contribution is -1.97. The predicted molar refractivity (Wildman–Crippen MR) is 84.1 cm³/mol. The number of ether oxygens (including phenoxy) is 1. The molecule has 1 aliphatic carbocycles. The molecule has 1 aliphatic rings. The monoisotopic (exact) mass is 261 g/mol. The molecule has 19 heavy (non-hydrogen) atoms. The first kappa shape index (κ1) is 17.5. The number of allylic oxidation sites excluding steroid dienone is 3. The molecule has 2 rings (SSSR count). The van der Waals surface area contributed by atoms with Gasteiger partial charge in [0.25, 0.3) is 0 Å². The summed E-state index contributed by atoms with van der Waals surface area (Å²) in [5.41, 5.74) is 6.64. The Morgan fingerprint density at radius 3 is 2.11 bits per heavy atom. The number of hydrogen-bond donors (Lipinski definition) is 1. The molecule has 0 spiro atoms. The summed E-state index contributed by atoms with van der Waals surface area (Å²) >= 11 is 0. The Bertz CT molecular complexity index is 377.